The van der Waals surface area contributed by atoms with Gasteiger partial charge < -0.3 is 5.32 Å². The third-order valence-electron chi connectivity index (χ3n) is 4.89. The molecule has 6 nitrogen and oxygen atoms in total. The van der Waals surface area contributed by atoms with Crippen molar-refractivity contribution in [2.75, 3.05) is 38.0 Å². The first-order chi connectivity index (χ1) is 13.8. The number of aryl methyl sites for hydroxylation is 1. The summed E-state index contributed by atoms with van der Waals surface area (Å²) < 4.78 is 54.1. The lowest BCUT2D eigenvalue weighted by molar-refractivity contribution is -0.117. The second kappa shape index (κ2) is 8.98. The number of nitrogens with zero attached hydrogens (tertiary/aromatic N) is 2. The van der Waals surface area contributed by atoms with E-state index < -0.39 is 26.6 Å². The zero-order chi connectivity index (χ0) is 21.0. The van der Waals surface area contributed by atoms with Crippen LogP contribution in [0.4, 0.5) is 14.5 Å². The number of anilines is 1. The van der Waals surface area contributed by atoms with Crippen molar-refractivity contribution in [3.05, 3.63) is 59.7 Å². The van der Waals surface area contributed by atoms with E-state index in [2.05, 4.69) is 5.32 Å². The van der Waals surface area contributed by atoms with Crippen molar-refractivity contribution in [2.45, 2.75) is 18.2 Å². The minimum atomic E-state index is -4.28. The van der Waals surface area contributed by atoms with Crippen LogP contribution in [0.5, 0.6) is 0 Å². The van der Waals surface area contributed by atoms with Crippen LogP contribution in [0, 0.1) is 11.6 Å². The Labute approximate surface area is 169 Å². The van der Waals surface area contributed by atoms with Crippen LogP contribution in [0.2, 0.25) is 0 Å². The number of nitrogens with one attached hydrogen (secondary N) is 1. The van der Waals surface area contributed by atoms with E-state index in [1.54, 1.807) is 0 Å². The number of para-hydroxylation sites is 1. The summed E-state index contributed by atoms with van der Waals surface area (Å²) in [6, 6.07) is 10.5. The van der Waals surface area contributed by atoms with Gasteiger partial charge >= 0.3 is 0 Å². The number of rotatable bonds is 6. The van der Waals surface area contributed by atoms with Gasteiger partial charge in [0.2, 0.25) is 15.9 Å². The Morgan fingerprint density at radius 1 is 1.00 bits per heavy atom. The first-order valence-corrected chi connectivity index (χ1v) is 10.8. The highest BCUT2D eigenvalue weighted by Gasteiger charge is 2.33. The van der Waals surface area contributed by atoms with Gasteiger partial charge in [-0.2, -0.15) is 4.31 Å². The molecule has 29 heavy (non-hydrogen) atoms. The number of sulfonamides is 1. The van der Waals surface area contributed by atoms with Gasteiger partial charge in [0.05, 0.1) is 6.54 Å². The number of amides is 1. The summed E-state index contributed by atoms with van der Waals surface area (Å²) >= 11 is 0. The molecule has 0 radical (unpaired) electrons. The Morgan fingerprint density at radius 2 is 1.62 bits per heavy atom. The molecule has 1 N–H and O–H groups in total. The molecule has 0 aromatic heterocycles. The lowest BCUT2D eigenvalue weighted by Gasteiger charge is -2.33. The molecule has 9 heteroatoms. The van der Waals surface area contributed by atoms with Crippen molar-refractivity contribution in [1.29, 1.82) is 0 Å². The number of benzene rings is 2. The molecule has 3 rings (SSSR count). The van der Waals surface area contributed by atoms with Crippen molar-refractivity contribution in [3.63, 3.8) is 0 Å². The molecule has 0 spiro atoms. The van der Waals surface area contributed by atoms with E-state index in [4.69, 9.17) is 0 Å². The third kappa shape index (κ3) is 4.80. The molecule has 1 fully saturated rings. The van der Waals surface area contributed by atoms with Gasteiger partial charge in [-0.25, -0.2) is 17.2 Å². The molecule has 1 saturated heterocycles. The van der Waals surface area contributed by atoms with Crippen molar-refractivity contribution in [2.24, 2.45) is 0 Å². The highest BCUT2D eigenvalue weighted by Crippen LogP contribution is 2.23. The van der Waals surface area contributed by atoms with Crippen LogP contribution in [0.25, 0.3) is 0 Å². The quantitative estimate of drug-likeness (QED) is 0.775. The molecule has 2 aromatic carbocycles. The van der Waals surface area contributed by atoms with Crippen LogP contribution >= 0.6 is 0 Å². The molecule has 0 bridgehead atoms. The normalized spacial score (nSPS) is 16.0. The average molecular weight is 423 g/mol. The maximum Gasteiger partial charge on any atom is 0.249 e. The molecule has 156 valence electrons. The molecule has 1 aliphatic rings. The molecule has 1 heterocycles. The second-order valence-electron chi connectivity index (χ2n) is 6.79. The SMILES string of the molecule is CCc1ccccc1NC(=O)CN1CCN(S(=O)(=O)c2c(F)cccc2F)CC1. The van der Waals surface area contributed by atoms with Crippen molar-refractivity contribution in [3.8, 4) is 0 Å². The fourth-order valence-electron chi connectivity index (χ4n) is 3.33. The van der Waals surface area contributed by atoms with Gasteiger partial charge in [-0.05, 0) is 30.2 Å². The minimum absolute atomic E-state index is 0.0505. The summed E-state index contributed by atoms with van der Waals surface area (Å²) in [4.78, 5) is 13.2. The zero-order valence-corrected chi connectivity index (χ0v) is 16.9. The van der Waals surface area contributed by atoms with E-state index in [-0.39, 0.29) is 38.6 Å². The largest absolute Gasteiger partial charge is 0.325 e. The standard InChI is InChI=1S/C20H23F2N3O3S/c1-2-15-6-3-4-9-18(15)23-19(26)14-24-10-12-25(13-11-24)29(27,28)20-16(21)7-5-8-17(20)22/h3-9H,2,10-14H2,1H3,(H,23,26). The number of carbonyl (C=O) groups excluding carboxylic acids is 1. The van der Waals surface area contributed by atoms with Crippen molar-refractivity contribution >= 4 is 21.6 Å². The van der Waals surface area contributed by atoms with Crippen LogP contribution in [0.1, 0.15) is 12.5 Å². The monoisotopic (exact) mass is 423 g/mol. The van der Waals surface area contributed by atoms with Gasteiger partial charge in [0.15, 0.2) is 4.90 Å². The second-order valence-corrected chi connectivity index (χ2v) is 8.66. The van der Waals surface area contributed by atoms with E-state index in [0.29, 0.717) is 0 Å². The predicted octanol–water partition coefficient (Wildman–Crippen LogP) is 2.47. The first-order valence-electron chi connectivity index (χ1n) is 9.37. The van der Waals surface area contributed by atoms with Crippen LogP contribution in [-0.2, 0) is 21.2 Å². The summed E-state index contributed by atoms with van der Waals surface area (Å²) in [6.45, 7) is 2.79. The molecule has 0 unspecified atom stereocenters. The summed E-state index contributed by atoms with van der Waals surface area (Å²) in [5, 5.41) is 2.88. The van der Waals surface area contributed by atoms with Crippen LogP contribution in [0.3, 0.4) is 0 Å². The fourth-order valence-corrected chi connectivity index (χ4v) is 4.86. The molecular weight excluding hydrogens is 400 g/mol. The number of halogens is 2. The summed E-state index contributed by atoms with van der Waals surface area (Å²) in [7, 11) is -4.28. The van der Waals surface area contributed by atoms with Gasteiger partial charge in [-0.3, -0.25) is 9.69 Å². The molecule has 0 aliphatic carbocycles. The first kappa shape index (κ1) is 21.4. The minimum Gasteiger partial charge on any atom is -0.325 e. The number of hydrogen-bond donors (Lipinski definition) is 1. The Kier molecular flexibility index (Phi) is 6.61. The average Bonchev–Trinajstić information content (AvgIpc) is 2.68. The molecule has 0 atom stereocenters. The van der Waals surface area contributed by atoms with Gasteiger partial charge in [0.25, 0.3) is 0 Å². The maximum atomic E-state index is 13.9. The van der Waals surface area contributed by atoms with Crippen molar-refractivity contribution < 1.29 is 22.0 Å². The number of carbonyl (C=O) groups is 1. The molecule has 1 amide bonds. The Morgan fingerprint density at radius 3 is 2.24 bits per heavy atom. The highest BCUT2D eigenvalue weighted by molar-refractivity contribution is 7.89. The van der Waals surface area contributed by atoms with Gasteiger partial charge in [0.1, 0.15) is 11.6 Å². The summed E-state index contributed by atoms with van der Waals surface area (Å²) in [5.41, 5.74) is 1.79. The number of hydrogen-bond acceptors (Lipinski definition) is 4. The number of piperazine rings is 1. The topological polar surface area (TPSA) is 69.7 Å². The van der Waals surface area contributed by atoms with E-state index in [9.17, 15) is 22.0 Å². The van der Waals surface area contributed by atoms with Crippen LogP contribution in [-0.4, -0.2) is 56.3 Å². The van der Waals surface area contributed by atoms with E-state index in [1.807, 2.05) is 36.1 Å². The lowest BCUT2D eigenvalue weighted by atomic mass is 10.1. The summed E-state index contributed by atoms with van der Waals surface area (Å²) in [5.74, 6) is -2.41. The molecule has 2 aromatic rings. The molecule has 1 aliphatic heterocycles. The van der Waals surface area contributed by atoms with Gasteiger partial charge in [-0.15, -0.1) is 0 Å². The maximum absolute atomic E-state index is 13.9. The molecule has 0 saturated carbocycles. The highest BCUT2D eigenvalue weighted by atomic mass is 32.2. The molecular formula is C20H23F2N3O3S. The summed E-state index contributed by atoms with van der Waals surface area (Å²) in [6.07, 6.45) is 0.791. The Bertz CT molecular complexity index is 970. The van der Waals surface area contributed by atoms with Crippen LogP contribution < -0.4 is 5.32 Å². The van der Waals surface area contributed by atoms with Gasteiger partial charge in [-0.1, -0.05) is 31.2 Å². The lowest BCUT2D eigenvalue weighted by Crippen LogP contribution is -2.50. The van der Waals surface area contributed by atoms with E-state index in [0.717, 1.165) is 40.2 Å². The Balaban J connectivity index is 1.60. The predicted molar refractivity (Wildman–Crippen MR) is 106 cm³/mol. The Hall–Kier alpha value is -2.36. The third-order valence-corrected chi connectivity index (χ3v) is 6.84. The van der Waals surface area contributed by atoms with Crippen LogP contribution in [0.15, 0.2) is 47.4 Å². The fraction of sp³-hybridized carbons (Fsp3) is 0.350. The van der Waals surface area contributed by atoms with E-state index >= 15 is 0 Å². The van der Waals surface area contributed by atoms with Crippen molar-refractivity contribution in [1.82, 2.24) is 9.21 Å². The van der Waals surface area contributed by atoms with E-state index in [1.165, 1.54) is 0 Å². The van der Waals surface area contributed by atoms with Gasteiger partial charge in [0, 0.05) is 31.9 Å². The smallest absolute Gasteiger partial charge is 0.249 e. The zero-order valence-electron chi connectivity index (χ0n) is 16.1.